The zero-order chi connectivity index (χ0) is 14.4. The van der Waals surface area contributed by atoms with Gasteiger partial charge in [0.1, 0.15) is 5.75 Å². The fourth-order valence-corrected chi connectivity index (χ4v) is 2.27. The molecule has 5 heteroatoms. The van der Waals surface area contributed by atoms with Crippen LogP contribution in [0.1, 0.15) is 31.2 Å². The molecule has 21 heavy (non-hydrogen) atoms. The van der Waals surface area contributed by atoms with Gasteiger partial charge in [-0.15, -0.1) is 12.4 Å². The highest BCUT2D eigenvalue weighted by Crippen LogP contribution is 2.32. The van der Waals surface area contributed by atoms with Crippen molar-refractivity contribution in [1.82, 2.24) is 5.32 Å². The molecule has 1 atom stereocenters. The summed E-state index contributed by atoms with van der Waals surface area (Å²) in [5.74, 6) is 1.55. The minimum Gasteiger partial charge on any atom is -0.494 e. The van der Waals surface area contributed by atoms with Crippen molar-refractivity contribution in [2.24, 2.45) is 11.7 Å². The maximum Gasteiger partial charge on any atom is 0.220 e. The van der Waals surface area contributed by atoms with E-state index in [0.29, 0.717) is 25.5 Å². The molecule has 1 fully saturated rings. The van der Waals surface area contributed by atoms with Crippen LogP contribution in [0.15, 0.2) is 24.3 Å². The lowest BCUT2D eigenvalue weighted by atomic mass is 10.2. The average Bonchev–Trinajstić information content (AvgIpc) is 3.25. The van der Waals surface area contributed by atoms with Gasteiger partial charge in [0.15, 0.2) is 0 Å². The molecule has 118 valence electrons. The fraction of sp³-hybridized carbons (Fsp3) is 0.562. The van der Waals surface area contributed by atoms with E-state index in [0.717, 1.165) is 12.2 Å². The van der Waals surface area contributed by atoms with E-state index in [9.17, 15) is 4.79 Å². The monoisotopic (exact) mass is 312 g/mol. The molecule has 1 aliphatic rings. The zero-order valence-corrected chi connectivity index (χ0v) is 13.3. The van der Waals surface area contributed by atoms with Crippen LogP contribution in [0.4, 0.5) is 0 Å². The minimum atomic E-state index is 0. The Kier molecular flexibility index (Phi) is 7.54. The van der Waals surface area contributed by atoms with E-state index in [1.165, 1.54) is 18.4 Å². The molecular formula is C16H25ClN2O2. The molecule has 0 bridgehead atoms. The number of nitrogens with two attached hydrogens (primary N) is 1. The van der Waals surface area contributed by atoms with Crippen LogP contribution in [0.5, 0.6) is 5.75 Å². The summed E-state index contributed by atoms with van der Waals surface area (Å²) in [5, 5.41) is 3.02. The summed E-state index contributed by atoms with van der Waals surface area (Å²) in [7, 11) is 0. The normalized spacial score (nSPS) is 15.0. The fourth-order valence-electron chi connectivity index (χ4n) is 2.27. The van der Waals surface area contributed by atoms with Crippen LogP contribution in [-0.4, -0.2) is 25.1 Å². The van der Waals surface area contributed by atoms with E-state index in [2.05, 4.69) is 5.32 Å². The summed E-state index contributed by atoms with van der Waals surface area (Å²) in [6, 6.07) is 8.10. The van der Waals surface area contributed by atoms with E-state index < -0.39 is 0 Å². The van der Waals surface area contributed by atoms with E-state index in [-0.39, 0.29) is 24.4 Å². The zero-order valence-electron chi connectivity index (χ0n) is 12.5. The van der Waals surface area contributed by atoms with Gasteiger partial charge >= 0.3 is 0 Å². The van der Waals surface area contributed by atoms with Crippen LogP contribution in [0.3, 0.4) is 0 Å². The third-order valence-corrected chi connectivity index (χ3v) is 3.60. The molecule has 1 aromatic carbocycles. The first kappa shape index (κ1) is 17.8. The Balaban J connectivity index is 0.00000220. The Bertz CT molecular complexity index is 450. The van der Waals surface area contributed by atoms with Gasteiger partial charge < -0.3 is 15.8 Å². The first-order valence-electron chi connectivity index (χ1n) is 7.38. The minimum absolute atomic E-state index is 0. The predicted molar refractivity (Wildman–Crippen MR) is 86.9 cm³/mol. The smallest absolute Gasteiger partial charge is 0.220 e. The second-order valence-corrected chi connectivity index (χ2v) is 5.52. The molecule has 0 heterocycles. The van der Waals surface area contributed by atoms with Crippen molar-refractivity contribution >= 4 is 18.3 Å². The Labute approximate surface area is 132 Å². The Morgan fingerprint density at radius 3 is 2.86 bits per heavy atom. The molecule has 1 unspecified atom stereocenters. The summed E-state index contributed by atoms with van der Waals surface area (Å²) in [6.45, 7) is 3.13. The van der Waals surface area contributed by atoms with Crippen molar-refractivity contribution in [2.75, 3.05) is 13.2 Å². The van der Waals surface area contributed by atoms with Gasteiger partial charge in [-0.3, -0.25) is 4.79 Å². The van der Waals surface area contributed by atoms with Crippen LogP contribution in [-0.2, 0) is 4.79 Å². The number of halogens is 1. The third-order valence-electron chi connectivity index (χ3n) is 3.60. The summed E-state index contributed by atoms with van der Waals surface area (Å²) in [6.07, 6.45) is 3.61. The summed E-state index contributed by atoms with van der Waals surface area (Å²) in [4.78, 5) is 11.8. The summed E-state index contributed by atoms with van der Waals surface area (Å²) >= 11 is 0. The highest BCUT2D eigenvalue weighted by Gasteiger charge is 2.30. The van der Waals surface area contributed by atoms with Crippen molar-refractivity contribution in [3.63, 3.8) is 0 Å². The molecule has 0 aromatic heterocycles. The number of amides is 1. The molecule has 1 aromatic rings. The molecule has 0 spiro atoms. The van der Waals surface area contributed by atoms with Gasteiger partial charge in [0.2, 0.25) is 5.91 Å². The molecule has 1 aliphatic carbocycles. The lowest BCUT2D eigenvalue weighted by Gasteiger charge is -2.15. The maximum absolute atomic E-state index is 11.8. The van der Waals surface area contributed by atoms with E-state index in [1.807, 2.05) is 31.2 Å². The molecular weight excluding hydrogens is 288 g/mol. The van der Waals surface area contributed by atoms with Crippen molar-refractivity contribution in [3.8, 4) is 5.75 Å². The van der Waals surface area contributed by atoms with Gasteiger partial charge in [-0.25, -0.2) is 0 Å². The van der Waals surface area contributed by atoms with Gasteiger partial charge in [-0.05, 0) is 49.8 Å². The number of carbonyl (C=O) groups is 1. The molecule has 3 N–H and O–H groups in total. The number of nitrogens with one attached hydrogen (secondary N) is 1. The van der Waals surface area contributed by atoms with Crippen LogP contribution >= 0.6 is 12.4 Å². The molecule has 0 radical (unpaired) electrons. The molecule has 1 saturated carbocycles. The molecule has 0 saturated heterocycles. The van der Waals surface area contributed by atoms with Gasteiger partial charge in [-0.1, -0.05) is 12.1 Å². The average molecular weight is 313 g/mol. The number of carbonyl (C=O) groups excluding carboxylic acids is 1. The van der Waals surface area contributed by atoms with Crippen molar-refractivity contribution in [2.45, 2.75) is 38.6 Å². The SMILES string of the molecule is Cc1cccc(OCCCC(=O)NC(CN)C2CC2)c1.Cl. The maximum atomic E-state index is 11.8. The molecule has 0 aliphatic heterocycles. The van der Waals surface area contributed by atoms with Crippen LogP contribution in [0.25, 0.3) is 0 Å². The van der Waals surface area contributed by atoms with Gasteiger partial charge in [0.25, 0.3) is 0 Å². The Hall–Kier alpha value is -1.26. The lowest BCUT2D eigenvalue weighted by Crippen LogP contribution is -2.41. The topological polar surface area (TPSA) is 64.3 Å². The highest BCUT2D eigenvalue weighted by molar-refractivity contribution is 5.85. The number of aryl methyl sites for hydroxylation is 1. The van der Waals surface area contributed by atoms with Crippen LogP contribution < -0.4 is 15.8 Å². The van der Waals surface area contributed by atoms with Crippen LogP contribution in [0.2, 0.25) is 0 Å². The molecule has 4 nitrogen and oxygen atoms in total. The van der Waals surface area contributed by atoms with Crippen molar-refractivity contribution < 1.29 is 9.53 Å². The van der Waals surface area contributed by atoms with Gasteiger partial charge in [0.05, 0.1) is 6.61 Å². The van der Waals surface area contributed by atoms with Gasteiger partial charge in [0, 0.05) is 19.0 Å². The quantitative estimate of drug-likeness (QED) is 0.725. The van der Waals surface area contributed by atoms with E-state index in [1.54, 1.807) is 0 Å². The highest BCUT2D eigenvalue weighted by atomic mass is 35.5. The third kappa shape index (κ3) is 6.36. The predicted octanol–water partition coefficient (Wildman–Crippen LogP) is 2.43. The Morgan fingerprint density at radius 1 is 1.48 bits per heavy atom. The second-order valence-electron chi connectivity index (χ2n) is 5.52. The number of hydrogen-bond acceptors (Lipinski definition) is 3. The van der Waals surface area contributed by atoms with Crippen LogP contribution in [0, 0.1) is 12.8 Å². The first-order valence-corrected chi connectivity index (χ1v) is 7.38. The number of ether oxygens (including phenoxy) is 1. The van der Waals surface area contributed by atoms with E-state index >= 15 is 0 Å². The van der Waals surface area contributed by atoms with Crippen molar-refractivity contribution in [1.29, 1.82) is 0 Å². The van der Waals surface area contributed by atoms with E-state index in [4.69, 9.17) is 10.5 Å². The largest absolute Gasteiger partial charge is 0.494 e. The molecule has 1 amide bonds. The van der Waals surface area contributed by atoms with Gasteiger partial charge in [-0.2, -0.15) is 0 Å². The first-order chi connectivity index (χ1) is 9.69. The number of benzene rings is 1. The standard InChI is InChI=1S/C16H24N2O2.ClH/c1-12-4-2-5-14(10-12)20-9-3-6-16(19)18-15(11-17)13-7-8-13;/h2,4-5,10,13,15H,3,6-9,11,17H2,1H3,(H,18,19);1H. The second kappa shape index (κ2) is 8.90. The number of rotatable bonds is 8. The number of hydrogen-bond donors (Lipinski definition) is 2. The van der Waals surface area contributed by atoms with Crippen molar-refractivity contribution in [3.05, 3.63) is 29.8 Å². The lowest BCUT2D eigenvalue weighted by molar-refractivity contribution is -0.122. The Morgan fingerprint density at radius 2 is 2.24 bits per heavy atom. The molecule has 2 rings (SSSR count). The summed E-state index contributed by atoms with van der Waals surface area (Å²) < 4.78 is 5.62. The summed E-state index contributed by atoms with van der Waals surface area (Å²) in [5.41, 5.74) is 6.84.